The van der Waals surface area contributed by atoms with Gasteiger partial charge in [0.1, 0.15) is 11.6 Å². The van der Waals surface area contributed by atoms with E-state index in [0.717, 1.165) is 28.6 Å². The number of hydrogen-bond donors (Lipinski definition) is 2. The van der Waals surface area contributed by atoms with E-state index in [1.165, 1.54) is 11.1 Å². The second-order valence-corrected chi connectivity index (χ2v) is 6.20. The van der Waals surface area contributed by atoms with Gasteiger partial charge in [-0.25, -0.2) is 4.98 Å². The number of anilines is 4. The number of nitrogens with zero attached hydrogens (tertiary/aromatic N) is 2. The minimum absolute atomic E-state index is 0.560. The van der Waals surface area contributed by atoms with Crippen LogP contribution in [-0.2, 0) is 0 Å². The quantitative estimate of drug-likeness (QED) is 0.634. The van der Waals surface area contributed by atoms with Crippen molar-refractivity contribution in [3.8, 4) is 5.75 Å². The molecular formula is C21H24N4O. The second-order valence-electron chi connectivity index (χ2n) is 6.20. The van der Waals surface area contributed by atoms with Gasteiger partial charge >= 0.3 is 0 Å². The number of hydrogen-bond acceptors (Lipinski definition) is 5. The lowest BCUT2D eigenvalue weighted by Crippen LogP contribution is -2.04. The van der Waals surface area contributed by atoms with Crippen LogP contribution in [0.25, 0.3) is 0 Å². The van der Waals surface area contributed by atoms with Crippen molar-refractivity contribution in [2.75, 3.05) is 17.2 Å². The zero-order valence-corrected chi connectivity index (χ0v) is 15.6. The third kappa shape index (κ3) is 4.30. The van der Waals surface area contributed by atoms with Crippen LogP contribution in [0.5, 0.6) is 5.75 Å². The van der Waals surface area contributed by atoms with Crippen molar-refractivity contribution < 1.29 is 4.74 Å². The molecule has 0 atom stereocenters. The van der Waals surface area contributed by atoms with E-state index in [1.807, 2.05) is 50.2 Å². The average Bonchev–Trinajstić information content (AvgIpc) is 2.60. The molecule has 0 aliphatic carbocycles. The Morgan fingerprint density at radius 2 is 1.69 bits per heavy atom. The second kappa shape index (κ2) is 7.87. The Kier molecular flexibility index (Phi) is 5.37. The summed E-state index contributed by atoms with van der Waals surface area (Å²) >= 11 is 0. The Bertz CT molecular complexity index is 908. The summed E-state index contributed by atoms with van der Waals surface area (Å²) in [6.45, 7) is 8.72. The molecule has 0 saturated heterocycles. The molecule has 0 radical (unpaired) electrons. The minimum atomic E-state index is 0.560. The topological polar surface area (TPSA) is 59.1 Å². The first-order valence-electron chi connectivity index (χ1n) is 8.74. The van der Waals surface area contributed by atoms with Gasteiger partial charge in [0.2, 0.25) is 5.95 Å². The first-order chi connectivity index (χ1) is 12.5. The van der Waals surface area contributed by atoms with Crippen LogP contribution in [0.15, 0.2) is 48.5 Å². The van der Waals surface area contributed by atoms with E-state index in [9.17, 15) is 0 Å². The molecule has 0 saturated carbocycles. The monoisotopic (exact) mass is 348 g/mol. The fraction of sp³-hybridized carbons (Fsp3) is 0.238. The Hall–Kier alpha value is -3.08. The summed E-state index contributed by atoms with van der Waals surface area (Å²) in [6.07, 6.45) is 0. The van der Waals surface area contributed by atoms with E-state index in [2.05, 4.69) is 46.6 Å². The minimum Gasteiger partial charge on any atom is -0.492 e. The summed E-state index contributed by atoms with van der Waals surface area (Å²) in [5.74, 6) is 2.08. The fourth-order valence-electron chi connectivity index (χ4n) is 2.63. The van der Waals surface area contributed by atoms with Crippen molar-refractivity contribution >= 4 is 23.1 Å². The highest BCUT2D eigenvalue weighted by Crippen LogP contribution is 2.27. The van der Waals surface area contributed by atoms with E-state index < -0.39 is 0 Å². The fourth-order valence-corrected chi connectivity index (χ4v) is 2.63. The summed E-state index contributed by atoms with van der Waals surface area (Å²) in [4.78, 5) is 9.08. The molecule has 0 spiro atoms. The summed E-state index contributed by atoms with van der Waals surface area (Å²) in [6, 6.07) is 16.0. The lowest BCUT2D eigenvalue weighted by atomic mass is 10.1. The smallest absolute Gasteiger partial charge is 0.229 e. The maximum absolute atomic E-state index is 5.67. The van der Waals surface area contributed by atoms with Crippen molar-refractivity contribution in [2.45, 2.75) is 27.7 Å². The van der Waals surface area contributed by atoms with Gasteiger partial charge < -0.3 is 15.4 Å². The van der Waals surface area contributed by atoms with Crippen LogP contribution in [0.4, 0.5) is 23.1 Å². The van der Waals surface area contributed by atoms with E-state index in [0.29, 0.717) is 12.6 Å². The molecule has 5 nitrogen and oxygen atoms in total. The molecule has 5 heteroatoms. The van der Waals surface area contributed by atoms with E-state index in [1.54, 1.807) is 0 Å². The number of ether oxygens (including phenoxy) is 1. The first kappa shape index (κ1) is 17.7. The van der Waals surface area contributed by atoms with Gasteiger partial charge in [-0.2, -0.15) is 4.98 Å². The molecular weight excluding hydrogens is 324 g/mol. The highest BCUT2D eigenvalue weighted by atomic mass is 16.5. The molecule has 3 aromatic rings. The number of aromatic nitrogens is 2. The normalized spacial score (nSPS) is 10.5. The Morgan fingerprint density at radius 3 is 2.46 bits per heavy atom. The number of aryl methyl sites for hydroxylation is 3. The number of para-hydroxylation sites is 2. The summed E-state index contributed by atoms with van der Waals surface area (Å²) in [7, 11) is 0. The van der Waals surface area contributed by atoms with Crippen molar-refractivity contribution in [3.05, 3.63) is 65.4 Å². The summed E-state index contributed by atoms with van der Waals surface area (Å²) in [5, 5.41) is 6.61. The van der Waals surface area contributed by atoms with Crippen LogP contribution in [0.1, 0.15) is 23.7 Å². The molecule has 1 aromatic heterocycles. The van der Waals surface area contributed by atoms with Crippen LogP contribution in [-0.4, -0.2) is 16.6 Å². The molecule has 0 aliphatic heterocycles. The zero-order chi connectivity index (χ0) is 18.5. The van der Waals surface area contributed by atoms with Gasteiger partial charge in [-0.15, -0.1) is 0 Å². The van der Waals surface area contributed by atoms with E-state index in [4.69, 9.17) is 4.74 Å². The van der Waals surface area contributed by atoms with E-state index >= 15 is 0 Å². The number of nitrogens with one attached hydrogen (secondary N) is 2. The van der Waals surface area contributed by atoms with Gasteiger partial charge in [-0.05, 0) is 63.1 Å². The lowest BCUT2D eigenvalue weighted by Gasteiger charge is -2.13. The number of benzene rings is 2. The molecule has 26 heavy (non-hydrogen) atoms. The third-order valence-electron chi connectivity index (χ3n) is 4.07. The van der Waals surface area contributed by atoms with Crippen molar-refractivity contribution in [1.82, 2.24) is 9.97 Å². The molecule has 2 N–H and O–H groups in total. The Morgan fingerprint density at radius 1 is 0.885 bits per heavy atom. The van der Waals surface area contributed by atoms with Gasteiger partial charge in [-0.1, -0.05) is 18.2 Å². The summed E-state index contributed by atoms with van der Waals surface area (Å²) in [5.41, 5.74) is 5.22. The molecule has 0 aliphatic rings. The average molecular weight is 348 g/mol. The molecule has 0 amide bonds. The molecule has 1 heterocycles. The first-order valence-corrected chi connectivity index (χ1v) is 8.74. The standard InChI is InChI=1S/C21H24N4O/c1-5-26-19-9-7-6-8-18(19)24-20-13-16(4)22-21(25-20)23-17-11-10-14(2)15(3)12-17/h6-13H,5H2,1-4H3,(H2,22,23,24,25). The molecule has 0 unspecified atom stereocenters. The highest BCUT2D eigenvalue weighted by molar-refractivity contribution is 5.65. The van der Waals surface area contributed by atoms with Crippen molar-refractivity contribution in [3.63, 3.8) is 0 Å². The van der Waals surface area contributed by atoms with Crippen LogP contribution in [0, 0.1) is 20.8 Å². The lowest BCUT2D eigenvalue weighted by molar-refractivity contribution is 0.342. The molecule has 0 fully saturated rings. The highest BCUT2D eigenvalue weighted by Gasteiger charge is 2.07. The molecule has 134 valence electrons. The van der Waals surface area contributed by atoms with Crippen LogP contribution in [0.2, 0.25) is 0 Å². The Balaban J connectivity index is 1.85. The zero-order valence-electron chi connectivity index (χ0n) is 15.6. The maximum Gasteiger partial charge on any atom is 0.229 e. The maximum atomic E-state index is 5.67. The van der Waals surface area contributed by atoms with Crippen molar-refractivity contribution in [2.24, 2.45) is 0 Å². The predicted molar refractivity (Wildman–Crippen MR) is 107 cm³/mol. The molecule has 3 rings (SSSR count). The van der Waals surface area contributed by atoms with Gasteiger partial charge in [0.25, 0.3) is 0 Å². The predicted octanol–water partition coefficient (Wildman–Crippen LogP) is 5.29. The largest absolute Gasteiger partial charge is 0.492 e. The molecule has 2 aromatic carbocycles. The van der Waals surface area contributed by atoms with E-state index in [-0.39, 0.29) is 0 Å². The van der Waals surface area contributed by atoms with Gasteiger partial charge in [-0.3, -0.25) is 0 Å². The van der Waals surface area contributed by atoms with Gasteiger partial charge in [0.15, 0.2) is 0 Å². The van der Waals surface area contributed by atoms with Crippen molar-refractivity contribution in [1.29, 1.82) is 0 Å². The van der Waals surface area contributed by atoms with Gasteiger partial charge in [0, 0.05) is 17.4 Å². The Labute approximate surface area is 154 Å². The van der Waals surface area contributed by atoms with Crippen LogP contribution >= 0.6 is 0 Å². The number of rotatable bonds is 6. The third-order valence-corrected chi connectivity index (χ3v) is 4.07. The van der Waals surface area contributed by atoms with Gasteiger partial charge in [0.05, 0.1) is 12.3 Å². The molecule has 0 bridgehead atoms. The summed E-state index contributed by atoms with van der Waals surface area (Å²) < 4.78 is 5.67. The SMILES string of the molecule is CCOc1ccccc1Nc1cc(C)nc(Nc2ccc(C)c(C)c2)n1. The van der Waals surface area contributed by atoms with Crippen LogP contribution in [0.3, 0.4) is 0 Å². The van der Waals surface area contributed by atoms with Crippen LogP contribution < -0.4 is 15.4 Å².